The Bertz CT molecular complexity index is 1030. The van der Waals surface area contributed by atoms with Crippen molar-refractivity contribution in [3.05, 3.63) is 65.0 Å². The van der Waals surface area contributed by atoms with Crippen LogP contribution >= 0.6 is 23.4 Å². The molecule has 0 N–H and O–H groups in total. The van der Waals surface area contributed by atoms with Crippen LogP contribution in [-0.4, -0.2) is 30.4 Å². The van der Waals surface area contributed by atoms with Gasteiger partial charge >= 0.3 is 0 Å². The predicted octanol–water partition coefficient (Wildman–Crippen LogP) is 3.97. The van der Waals surface area contributed by atoms with Crippen LogP contribution in [0.15, 0.2) is 58.1 Å². The average molecular weight is 385 g/mol. The molecule has 0 spiro atoms. The van der Waals surface area contributed by atoms with E-state index in [1.54, 1.807) is 10.7 Å². The third kappa shape index (κ3) is 3.47. The summed E-state index contributed by atoms with van der Waals surface area (Å²) in [6, 6.07) is 15.3. The van der Waals surface area contributed by atoms with Gasteiger partial charge in [-0.1, -0.05) is 53.2 Å². The molecule has 2 heterocycles. The van der Waals surface area contributed by atoms with Crippen LogP contribution in [0.25, 0.3) is 17.1 Å². The molecule has 0 aliphatic heterocycles. The average Bonchev–Trinajstić information content (AvgIpc) is 3.30. The fraction of sp³-hybridized carbons (Fsp3) is 0.118. The van der Waals surface area contributed by atoms with Crippen LogP contribution in [0.4, 0.5) is 0 Å². The Morgan fingerprint density at radius 1 is 1.04 bits per heavy atom. The summed E-state index contributed by atoms with van der Waals surface area (Å²) in [6.07, 6.45) is 0. The van der Waals surface area contributed by atoms with Gasteiger partial charge in [-0.15, -0.1) is 15.3 Å². The van der Waals surface area contributed by atoms with Gasteiger partial charge in [0.1, 0.15) is 0 Å². The van der Waals surface area contributed by atoms with E-state index in [0.717, 1.165) is 5.69 Å². The zero-order valence-electron chi connectivity index (χ0n) is 13.7. The van der Waals surface area contributed by atoms with Crippen molar-refractivity contribution in [3.8, 4) is 17.1 Å². The number of rotatable bonds is 5. The predicted molar refractivity (Wildman–Crippen MR) is 98.2 cm³/mol. The fourth-order valence-corrected chi connectivity index (χ4v) is 3.24. The Morgan fingerprint density at radius 2 is 1.85 bits per heavy atom. The highest BCUT2D eigenvalue weighted by Gasteiger charge is 2.14. The number of tetrazole rings is 1. The molecule has 2 aromatic heterocycles. The molecular formula is C17H13ClN6OS. The summed E-state index contributed by atoms with van der Waals surface area (Å²) in [7, 11) is 0. The molecule has 4 aromatic rings. The van der Waals surface area contributed by atoms with Crippen molar-refractivity contribution in [1.82, 2.24) is 30.4 Å². The summed E-state index contributed by atoms with van der Waals surface area (Å²) in [6.45, 7) is 2.03. The van der Waals surface area contributed by atoms with Crippen LogP contribution in [-0.2, 0) is 5.75 Å². The van der Waals surface area contributed by atoms with Crippen molar-refractivity contribution < 1.29 is 4.42 Å². The maximum atomic E-state index is 6.16. The molecule has 0 radical (unpaired) electrons. The van der Waals surface area contributed by atoms with Crippen molar-refractivity contribution >= 4 is 23.4 Å². The van der Waals surface area contributed by atoms with E-state index in [1.165, 1.54) is 17.3 Å². The van der Waals surface area contributed by atoms with E-state index in [1.807, 2.05) is 49.4 Å². The minimum Gasteiger partial charge on any atom is -0.420 e. The molecular weight excluding hydrogens is 372 g/mol. The van der Waals surface area contributed by atoms with E-state index in [9.17, 15) is 0 Å². The van der Waals surface area contributed by atoms with Crippen LogP contribution < -0.4 is 0 Å². The second kappa shape index (κ2) is 7.27. The number of nitrogens with zero attached hydrogens (tertiary/aromatic N) is 6. The Morgan fingerprint density at radius 3 is 2.65 bits per heavy atom. The van der Waals surface area contributed by atoms with Gasteiger partial charge < -0.3 is 4.42 Å². The van der Waals surface area contributed by atoms with Crippen molar-refractivity contribution in [2.45, 2.75) is 17.8 Å². The number of aromatic nitrogens is 6. The highest BCUT2D eigenvalue weighted by Crippen LogP contribution is 2.28. The molecule has 0 saturated heterocycles. The summed E-state index contributed by atoms with van der Waals surface area (Å²) in [5.74, 6) is 1.32. The van der Waals surface area contributed by atoms with Gasteiger partial charge in [0.2, 0.25) is 16.9 Å². The lowest BCUT2D eigenvalue weighted by molar-refractivity contribution is 0.528. The lowest BCUT2D eigenvalue weighted by Crippen LogP contribution is -1.99. The SMILES string of the molecule is Cc1ccc(-n2nnnc2SCc2nnc(-c3ccccc3Cl)o2)cc1. The minimum absolute atomic E-state index is 0.393. The lowest BCUT2D eigenvalue weighted by atomic mass is 10.2. The molecule has 0 atom stereocenters. The largest absolute Gasteiger partial charge is 0.420 e. The molecule has 0 bridgehead atoms. The fourth-order valence-electron chi connectivity index (χ4n) is 2.30. The molecule has 0 saturated carbocycles. The summed E-state index contributed by atoms with van der Waals surface area (Å²) in [5.41, 5.74) is 2.78. The Balaban J connectivity index is 1.50. The summed E-state index contributed by atoms with van der Waals surface area (Å²) in [5, 5.41) is 21.2. The second-order valence-electron chi connectivity index (χ2n) is 5.48. The summed E-state index contributed by atoms with van der Waals surface area (Å²) in [4.78, 5) is 0. The second-order valence-corrected chi connectivity index (χ2v) is 6.83. The van der Waals surface area contributed by atoms with Crippen LogP contribution in [0.2, 0.25) is 5.02 Å². The van der Waals surface area contributed by atoms with E-state index in [2.05, 4.69) is 25.7 Å². The van der Waals surface area contributed by atoms with Gasteiger partial charge in [-0.3, -0.25) is 0 Å². The first-order valence-electron chi connectivity index (χ1n) is 7.76. The Hall–Kier alpha value is -2.71. The van der Waals surface area contributed by atoms with Crippen LogP contribution in [0.1, 0.15) is 11.5 Å². The highest BCUT2D eigenvalue weighted by atomic mass is 35.5. The first-order valence-corrected chi connectivity index (χ1v) is 9.12. The monoisotopic (exact) mass is 384 g/mol. The molecule has 130 valence electrons. The first kappa shape index (κ1) is 16.7. The van der Waals surface area contributed by atoms with Crippen molar-refractivity contribution in [2.75, 3.05) is 0 Å². The van der Waals surface area contributed by atoms with Crippen LogP contribution in [0.3, 0.4) is 0 Å². The van der Waals surface area contributed by atoms with Gasteiger partial charge in [-0.05, 0) is 41.6 Å². The van der Waals surface area contributed by atoms with Crippen LogP contribution in [0, 0.1) is 6.92 Å². The zero-order valence-corrected chi connectivity index (χ0v) is 15.3. The zero-order chi connectivity index (χ0) is 17.9. The van der Waals surface area contributed by atoms with Gasteiger partial charge in [0.25, 0.3) is 0 Å². The molecule has 26 heavy (non-hydrogen) atoms. The number of benzene rings is 2. The smallest absolute Gasteiger partial charge is 0.249 e. The standard InChI is InChI=1S/C17H13ClN6OS/c1-11-6-8-12(9-7-11)24-17(21-22-23-24)26-10-15-19-20-16(25-15)13-4-2-3-5-14(13)18/h2-9H,10H2,1H3. The minimum atomic E-state index is 0.393. The lowest BCUT2D eigenvalue weighted by Gasteiger charge is -2.03. The van der Waals surface area contributed by atoms with Crippen LogP contribution in [0.5, 0.6) is 0 Å². The third-order valence-electron chi connectivity index (χ3n) is 3.62. The van der Waals surface area contributed by atoms with Gasteiger partial charge in [-0.25, -0.2) is 0 Å². The van der Waals surface area contributed by atoms with Gasteiger partial charge in [-0.2, -0.15) is 4.68 Å². The molecule has 0 unspecified atom stereocenters. The number of aryl methyl sites for hydroxylation is 1. The van der Waals surface area contributed by atoms with E-state index in [4.69, 9.17) is 16.0 Å². The molecule has 2 aromatic carbocycles. The van der Waals surface area contributed by atoms with Gasteiger partial charge in [0, 0.05) is 0 Å². The topological polar surface area (TPSA) is 82.5 Å². The molecule has 0 fully saturated rings. The molecule has 9 heteroatoms. The van der Waals surface area contributed by atoms with E-state index < -0.39 is 0 Å². The molecule has 0 aliphatic carbocycles. The Labute approximate surface area is 158 Å². The van der Waals surface area contributed by atoms with Crippen molar-refractivity contribution in [3.63, 3.8) is 0 Å². The van der Waals surface area contributed by atoms with E-state index in [0.29, 0.717) is 33.3 Å². The van der Waals surface area contributed by atoms with Gasteiger partial charge in [0.15, 0.2) is 0 Å². The van der Waals surface area contributed by atoms with E-state index >= 15 is 0 Å². The van der Waals surface area contributed by atoms with Crippen molar-refractivity contribution in [1.29, 1.82) is 0 Å². The maximum absolute atomic E-state index is 6.16. The third-order valence-corrected chi connectivity index (χ3v) is 4.85. The molecule has 0 aliphatic rings. The maximum Gasteiger partial charge on any atom is 0.249 e. The number of thioether (sulfide) groups is 1. The number of hydrogen-bond acceptors (Lipinski definition) is 7. The number of hydrogen-bond donors (Lipinski definition) is 0. The molecule has 7 nitrogen and oxygen atoms in total. The molecule has 0 amide bonds. The van der Waals surface area contributed by atoms with Gasteiger partial charge in [0.05, 0.1) is 22.0 Å². The quantitative estimate of drug-likeness (QED) is 0.481. The first-order chi connectivity index (χ1) is 12.7. The summed E-state index contributed by atoms with van der Waals surface area (Å²) >= 11 is 7.58. The summed E-state index contributed by atoms with van der Waals surface area (Å²) < 4.78 is 7.38. The van der Waals surface area contributed by atoms with E-state index in [-0.39, 0.29) is 0 Å². The van der Waals surface area contributed by atoms with Crippen molar-refractivity contribution in [2.24, 2.45) is 0 Å². The normalized spacial score (nSPS) is 11.0. The highest BCUT2D eigenvalue weighted by molar-refractivity contribution is 7.98. The molecule has 4 rings (SSSR count). The Kier molecular flexibility index (Phi) is 4.68. The number of halogens is 1.